The van der Waals surface area contributed by atoms with E-state index in [4.69, 9.17) is 0 Å². The number of fused-ring (bicyclic) bond motifs is 1. The topological polar surface area (TPSA) is 69.7 Å². The molecule has 2 aromatic carbocycles. The fourth-order valence-electron chi connectivity index (χ4n) is 4.46. The van der Waals surface area contributed by atoms with Crippen LogP contribution in [-0.2, 0) is 6.54 Å². The first kappa shape index (κ1) is 19.0. The highest BCUT2D eigenvalue weighted by molar-refractivity contribution is 6.22. The number of carbonyl (C=O) groups excluding carboxylic acids is 3. The molecule has 3 amide bonds. The minimum absolute atomic E-state index is 0.160. The molecule has 0 aromatic heterocycles. The number of nitrogens with one attached hydrogen (secondary N) is 1. The Labute approximate surface area is 175 Å². The number of amides is 3. The molecule has 1 saturated carbocycles. The van der Waals surface area contributed by atoms with Crippen LogP contribution < -0.4 is 5.32 Å². The predicted molar refractivity (Wildman–Crippen MR) is 112 cm³/mol. The molecule has 0 bridgehead atoms. The molecule has 1 saturated heterocycles. The van der Waals surface area contributed by atoms with Gasteiger partial charge in [-0.15, -0.1) is 0 Å². The van der Waals surface area contributed by atoms with Crippen LogP contribution in [0.15, 0.2) is 48.5 Å². The zero-order chi connectivity index (χ0) is 20.7. The lowest BCUT2D eigenvalue weighted by molar-refractivity contribution is 0.0642. The van der Waals surface area contributed by atoms with E-state index >= 15 is 0 Å². The number of nitrogens with zero attached hydrogens (tertiary/aromatic N) is 2. The van der Waals surface area contributed by atoms with E-state index in [0.29, 0.717) is 16.7 Å². The largest absolute Gasteiger partial charge is 0.349 e. The van der Waals surface area contributed by atoms with Crippen molar-refractivity contribution >= 4 is 17.7 Å². The Morgan fingerprint density at radius 2 is 1.60 bits per heavy atom. The summed E-state index contributed by atoms with van der Waals surface area (Å²) in [6.07, 6.45) is 4.52. The maximum atomic E-state index is 12.9. The molecule has 6 heteroatoms. The minimum Gasteiger partial charge on any atom is -0.349 e. The van der Waals surface area contributed by atoms with Crippen molar-refractivity contribution in [3.8, 4) is 0 Å². The average molecular weight is 403 g/mol. The minimum atomic E-state index is -0.341. The lowest BCUT2D eigenvalue weighted by atomic mass is 10.0. The molecule has 2 aromatic rings. The molecular weight excluding hydrogens is 378 g/mol. The normalized spacial score (nSPS) is 19.8. The first-order valence-corrected chi connectivity index (χ1v) is 10.7. The summed E-state index contributed by atoms with van der Waals surface area (Å²) in [7, 11) is 0. The van der Waals surface area contributed by atoms with E-state index in [9.17, 15) is 14.4 Å². The van der Waals surface area contributed by atoms with Crippen molar-refractivity contribution in [1.29, 1.82) is 0 Å². The average Bonchev–Trinajstić information content (AvgIpc) is 3.60. The van der Waals surface area contributed by atoms with Crippen LogP contribution in [0.5, 0.6) is 0 Å². The Balaban J connectivity index is 1.26. The number of rotatable bonds is 5. The Morgan fingerprint density at radius 3 is 2.30 bits per heavy atom. The molecule has 30 heavy (non-hydrogen) atoms. The number of hydrogen-bond acceptors (Lipinski definition) is 4. The van der Waals surface area contributed by atoms with Gasteiger partial charge in [-0.1, -0.05) is 30.3 Å². The number of imide groups is 1. The van der Waals surface area contributed by atoms with Gasteiger partial charge in [0, 0.05) is 30.7 Å². The van der Waals surface area contributed by atoms with E-state index in [2.05, 4.69) is 10.2 Å². The summed E-state index contributed by atoms with van der Waals surface area (Å²) >= 11 is 0. The lowest BCUT2D eigenvalue weighted by Gasteiger charge is -2.32. The Kier molecular flexibility index (Phi) is 4.87. The van der Waals surface area contributed by atoms with E-state index in [-0.39, 0.29) is 30.3 Å². The molecule has 3 aliphatic rings. The van der Waals surface area contributed by atoms with Crippen LogP contribution >= 0.6 is 0 Å². The van der Waals surface area contributed by atoms with Crippen molar-refractivity contribution in [2.75, 3.05) is 13.1 Å². The van der Waals surface area contributed by atoms with Gasteiger partial charge in [0.1, 0.15) is 0 Å². The second-order valence-corrected chi connectivity index (χ2v) is 8.46. The van der Waals surface area contributed by atoms with Crippen molar-refractivity contribution in [3.05, 3.63) is 70.8 Å². The van der Waals surface area contributed by atoms with Crippen LogP contribution in [0, 0.1) is 0 Å². The second kappa shape index (κ2) is 7.69. The molecule has 0 unspecified atom stereocenters. The zero-order valence-electron chi connectivity index (χ0n) is 16.8. The molecule has 0 radical (unpaired) electrons. The summed E-state index contributed by atoms with van der Waals surface area (Å²) in [6.45, 7) is 2.29. The van der Waals surface area contributed by atoms with E-state index in [1.165, 1.54) is 17.7 Å². The van der Waals surface area contributed by atoms with Crippen molar-refractivity contribution < 1.29 is 14.4 Å². The van der Waals surface area contributed by atoms with Crippen LogP contribution in [0.25, 0.3) is 0 Å². The van der Waals surface area contributed by atoms with Gasteiger partial charge in [-0.3, -0.25) is 19.3 Å². The van der Waals surface area contributed by atoms with Crippen LogP contribution in [0.3, 0.4) is 0 Å². The van der Waals surface area contributed by atoms with Gasteiger partial charge in [0.25, 0.3) is 17.7 Å². The van der Waals surface area contributed by atoms with Crippen molar-refractivity contribution in [3.63, 3.8) is 0 Å². The third-order valence-corrected chi connectivity index (χ3v) is 6.34. The summed E-state index contributed by atoms with van der Waals surface area (Å²) in [4.78, 5) is 42.1. The highest BCUT2D eigenvalue weighted by Crippen LogP contribution is 2.29. The first-order valence-electron chi connectivity index (χ1n) is 10.7. The summed E-state index contributed by atoms with van der Waals surface area (Å²) in [5.74, 6) is -0.825. The number of likely N-dealkylation sites (tertiary alicyclic amines) is 1. The molecule has 2 heterocycles. The molecule has 0 atom stereocenters. The van der Waals surface area contributed by atoms with Gasteiger partial charge >= 0.3 is 0 Å². The van der Waals surface area contributed by atoms with Gasteiger partial charge in [0.2, 0.25) is 0 Å². The number of piperidine rings is 1. The molecule has 5 rings (SSSR count). The molecule has 154 valence electrons. The summed E-state index contributed by atoms with van der Waals surface area (Å²) < 4.78 is 0. The molecular formula is C24H25N3O3. The van der Waals surface area contributed by atoms with Gasteiger partial charge in [0.05, 0.1) is 17.7 Å². The van der Waals surface area contributed by atoms with E-state index in [1.54, 1.807) is 18.2 Å². The third-order valence-electron chi connectivity index (χ3n) is 6.34. The van der Waals surface area contributed by atoms with Gasteiger partial charge < -0.3 is 10.2 Å². The van der Waals surface area contributed by atoms with Crippen LogP contribution in [0.2, 0.25) is 0 Å². The highest BCUT2D eigenvalue weighted by atomic mass is 16.2. The van der Waals surface area contributed by atoms with E-state index in [1.807, 2.05) is 30.3 Å². The monoisotopic (exact) mass is 403 g/mol. The van der Waals surface area contributed by atoms with Gasteiger partial charge in [-0.2, -0.15) is 0 Å². The molecule has 0 spiro atoms. The number of carbonyl (C=O) groups is 3. The highest BCUT2D eigenvalue weighted by Gasteiger charge is 2.36. The Morgan fingerprint density at radius 1 is 0.900 bits per heavy atom. The number of hydrogen-bond donors (Lipinski definition) is 1. The van der Waals surface area contributed by atoms with Crippen molar-refractivity contribution in [2.45, 2.75) is 44.3 Å². The molecule has 6 nitrogen and oxygen atoms in total. The maximum absolute atomic E-state index is 12.9. The van der Waals surface area contributed by atoms with E-state index in [0.717, 1.165) is 37.5 Å². The van der Waals surface area contributed by atoms with Gasteiger partial charge in [-0.05, 0) is 49.4 Å². The summed E-state index contributed by atoms with van der Waals surface area (Å²) in [6, 6.07) is 15.2. The smallest absolute Gasteiger partial charge is 0.261 e. The maximum Gasteiger partial charge on any atom is 0.261 e. The quantitative estimate of drug-likeness (QED) is 0.780. The van der Waals surface area contributed by atoms with Gasteiger partial charge in [-0.25, -0.2) is 0 Å². The van der Waals surface area contributed by atoms with Crippen LogP contribution in [0.4, 0.5) is 0 Å². The fourth-order valence-corrected chi connectivity index (χ4v) is 4.46. The summed E-state index contributed by atoms with van der Waals surface area (Å²) in [5, 5.41) is 3.11. The van der Waals surface area contributed by atoms with Crippen molar-refractivity contribution in [2.24, 2.45) is 0 Å². The van der Waals surface area contributed by atoms with Crippen molar-refractivity contribution in [1.82, 2.24) is 15.1 Å². The molecule has 2 fully saturated rings. The standard InChI is InChI=1S/C24H25N3O3/c28-22(25-18-10-12-26(13-11-18)19-7-8-19)17-6-9-20-21(14-17)24(30)27(23(20)29)15-16-4-2-1-3-5-16/h1-6,9,14,18-19H,7-8,10-13,15H2,(H,25,28). The van der Waals surface area contributed by atoms with E-state index < -0.39 is 0 Å². The SMILES string of the molecule is O=C(NC1CCN(C2CC2)CC1)c1ccc2c(c1)C(=O)N(Cc1ccccc1)C2=O. The van der Waals surface area contributed by atoms with Crippen LogP contribution in [0.1, 0.15) is 62.3 Å². The molecule has 1 aliphatic carbocycles. The fraction of sp³-hybridized carbons (Fsp3) is 0.375. The molecule has 1 N–H and O–H groups in total. The number of benzene rings is 2. The van der Waals surface area contributed by atoms with Crippen LogP contribution in [-0.4, -0.2) is 52.7 Å². The Bertz CT molecular complexity index is 992. The zero-order valence-corrected chi connectivity index (χ0v) is 16.8. The Hall–Kier alpha value is -2.99. The van der Waals surface area contributed by atoms with Gasteiger partial charge in [0.15, 0.2) is 0 Å². The molecule has 2 aliphatic heterocycles. The second-order valence-electron chi connectivity index (χ2n) is 8.46. The lowest BCUT2D eigenvalue weighted by Crippen LogP contribution is -2.45. The predicted octanol–water partition coefficient (Wildman–Crippen LogP) is 2.84. The first-order chi connectivity index (χ1) is 14.6. The summed E-state index contributed by atoms with van der Waals surface area (Å²) in [5.41, 5.74) is 2.00. The third kappa shape index (κ3) is 3.63.